The van der Waals surface area contributed by atoms with E-state index in [1.54, 1.807) is 17.4 Å². The van der Waals surface area contributed by atoms with E-state index in [-0.39, 0.29) is 12.4 Å². The molecule has 1 aliphatic rings. The standard InChI is InChI=1S/C20H16O4S2/c1-11-7-15(12(2)25-11)16(21)10-24-20(22)18-8-13-9-23-17-6-4-3-5-14(17)19(13)26-18/h3-8H,9-10H2,1-2H3. The Kier molecular flexibility index (Phi) is 4.38. The van der Waals surface area contributed by atoms with Crippen LogP contribution in [0.3, 0.4) is 0 Å². The summed E-state index contributed by atoms with van der Waals surface area (Å²) >= 11 is 2.94. The smallest absolute Gasteiger partial charge is 0.348 e. The molecule has 0 atom stereocenters. The van der Waals surface area contributed by atoms with E-state index in [1.165, 1.54) is 11.3 Å². The number of carbonyl (C=O) groups excluding carboxylic acids is 2. The molecule has 0 saturated heterocycles. The summed E-state index contributed by atoms with van der Waals surface area (Å²) < 4.78 is 11.0. The molecule has 4 rings (SSSR count). The lowest BCUT2D eigenvalue weighted by Crippen LogP contribution is -2.13. The molecule has 0 amide bonds. The minimum Gasteiger partial charge on any atom is -0.488 e. The Morgan fingerprint density at radius 1 is 1.15 bits per heavy atom. The zero-order valence-corrected chi connectivity index (χ0v) is 16.0. The van der Waals surface area contributed by atoms with Crippen molar-refractivity contribution in [2.75, 3.05) is 6.61 Å². The lowest BCUT2D eigenvalue weighted by molar-refractivity contribution is 0.0479. The molecule has 1 aliphatic heterocycles. The van der Waals surface area contributed by atoms with Gasteiger partial charge < -0.3 is 9.47 Å². The number of ether oxygens (including phenoxy) is 2. The molecule has 0 fully saturated rings. The molecule has 0 radical (unpaired) electrons. The Balaban J connectivity index is 1.49. The molecule has 0 spiro atoms. The van der Waals surface area contributed by atoms with Gasteiger partial charge in [0.25, 0.3) is 0 Å². The highest BCUT2D eigenvalue weighted by atomic mass is 32.1. The van der Waals surface area contributed by atoms with Crippen molar-refractivity contribution in [3.05, 3.63) is 62.2 Å². The van der Waals surface area contributed by atoms with Crippen molar-refractivity contribution in [3.63, 3.8) is 0 Å². The van der Waals surface area contributed by atoms with Crippen LogP contribution in [-0.4, -0.2) is 18.4 Å². The predicted molar refractivity (Wildman–Crippen MR) is 102 cm³/mol. The highest BCUT2D eigenvalue weighted by molar-refractivity contribution is 7.17. The third-order valence-corrected chi connectivity index (χ3v) is 6.36. The zero-order valence-electron chi connectivity index (χ0n) is 14.3. The highest BCUT2D eigenvalue weighted by Gasteiger charge is 2.23. The Labute approximate surface area is 159 Å². The van der Waals surface area contributed by atoms with Gasteiger partial charge in [-0.15, -0.1) is 22.7 Å². The predicted octanol–water partition coefficient (Wildman–Crippen LogP) is 5.03. The van der Waals surface area contributed by atoms with Crippen molar-refractivity contribution in [1.29, 1.82) is 0 Å². The molecule has 4 nitrogen and oxygen atoms in total. The molecule has 0 N–H and O–H groups in total. The fourth-order valence-corrected chi connectivity index (χ4v) is 5.02. The maximum absolute atomic E-state index is 12.4. The van der Waals surface area contributed by atoms with E-state index in [4.69, 9.17) is 9.47 Å². The molecule has 0 saturated carbocycles. The topological polar surface area (TPSA) is 52.6 Å². The van der Waals surface area contributed by atoms with Gasteiger partial charge in [0.2, 0.25) is 5.78 Å². The number of Topliss-reactive ketones (excluding diaryl/α,β-unsaturated/α-hetero) is 1. The SMILES string of the molecule is Cc1cc(C(=O)COC(=O)c2cc3c(s2)-c2ccccc2OC3)c(C)s1. The minimum absolute atomic E-state index is 0.171. The monoisotopic (exact) mass is 384 g/mol. The normalized spacial score (nSPS) is 12.1. The van der Waals surface area contributed by atoms with Crippen LogP contribution in [0.4, 0.5) is 0 Å². The van der Waals surface area contributed by atoms with E-state index in [0.29, 0.717) is 17.0 Å². The van der Waals surface area contributed by atoms with Crippen molar-refractivity contribution in [2.45, 2.75) is 20.5 Å². The molecule has 3 heterocycles. The number of para-hydroxylation sites is 1. The van der Waals surface area contributed by atoms with Crippen LogP contribution in [0.15, 0.2) is 36.4 Å². The first-order valence-electron chi connectivity index (χ1n) is 8.15. The molecule has 2 aromatic heterocycles. The first-order chi connectivity index (χ1) is 12.5. The number of hydrogen-bond acceptors (Lipinski definition) is 6. The summed E-state index contributed by atoms with van der Waals surface area (Å²) in [5.74, 6) is 0.176. The molecule has 3 aromatic rings. The number of thiophene rings is 2. The first kappa shape index (κ1) is 17.0. The summed E-state index contributed by atoms with van der Waals surface area (Å²) in [4.78, 5) is 28.2. The molecule has 0 unspecified atom stereocenters. The third kappa shape index (κ3) is 3.06. The van der Waals surface area contributed by atoms with Crippen LogP contribution in [0.2, 0.25) is 0 Å². The fourth-order valence-electron chi connectivity index (χ4n) is 2.99. The van der Waals surface area contributed by atoms with Crippen LogP contribution < -0.4 is 4.74 Å². The number of esters is 1. The Morgan fingerprint density at radius 2 is 1.96 bits per heavy atom. The van der Waals surface area contributed by atoms with Crippen LogP contribution in [0.25, 0.3) is 10.4 Å². The number of hydrogen-bond donors (Lipinski definition) is 0. The second-order valence-corrected chi connectivity index (χ2v) is 8.59. The van der Waals surface area contributed by atoms with Gasteiger partial charge in [-0.1, -0.05) is 12.1 Å². The van der Waals surface area contributed by atoms with E-state index in [1.807, 2.05) is 44.2 Å². The van der Waals surface area contributed by atoms with Crippen molar-refractivity contribution < 1.29 is 19.1 Å². The van der Waals surface area contributed by atoms with Gasteiger partial charge in [-0.2, -0.15) is 0 Å². The van der Waals surface area contributed by atoms with Gasteiger partial charge in [0.15, 0.2) is 6.61 Å². The van der Waals surface area contributed by atoms with E-state index in [2.05, 4.69) is 0 Å². The van der Waals surface area contributed by atoms with Gasteiger partial charge in [-0.3, -0.25) is 4.79 Å². The Bertz CT molecular complexity index is 1010. The summed E-state index contributed by atoms with van der Waals surface area (Å²) in [5.41, 5.74) is 2.59. The van der Waals surface area contributed by atoms with Crippen LogP contribution in [0, 0.1) is 13.8 Å². The molecular weight excluding hydrogens is 368 g/mol. The first-order valence-corrected chi connectivity index (χ1v) is 9.78. The van der Waals surface area contributed by atoms with E-state index < -0.39 is 5.97 Å². The Morgan fingerprint density at radius 3 is 2.73 bits per heavy atom. The van der Waals surface area contributed by atoms with Gasteiger partial charge in [0.05, 0.1) is 0 Å². The molecule has 1 aromatic carbocycles. The maximum atomic E-state index is 12.4. The number of rotatable bonds is 4. The zero-order chi connectivity index (χ0) is 18.3. The van der Waals surface area contributed by atoms with Crippen molar-refractivity contribution >= 4 is 34.4 Å². The number of carbonyl (C=O) groups is 2. The van der Waals surface area contributed by atoms with Gasteiger partial charge in [0.1, 0.15) is 17.2 Å². The third-order valence-electron chi connectivity index (χ3n) is 4.20. The second kappa shape index (κ2) is 6.70. The molecular formula is C20H16O4S2. The van der Waals surface area contributed by atoms with Crippen LogP contribution in [-0.2, 0) is 11.3 Å². The lowest BCUT2D eigenvalue weighted by atomic mass is 10.1. The van der Waals surface area contributed by atoms with E-state index in [9.17, 15) is 9.59 Å². The summed E-state index contributed by atoms with van der Waals surface area (Å²) in [6.45, 7) is 4.04. The molecule has 132 valence electrons. The summed E-state index contributed by atoms with van der Waals surface area (Å²) in [6, 6.07) is 11.4. The average molecular weight is 384 g/mol. The number of fused-ring (bicyclic) bond motifs is 3. The molecule has 6 heteroatoms. The van der Waals surface area contributed by atoms with Crippen molar-refractivity contribution in [3.8, 4) is 16.2 Å². The average Bonchev–Trinajstić information content (AvgIpc) is 3.22. The highest BCUT2D eigenvalue weighted by Crippen LogP contribution is 2.42. The fraction of sp³-hybridized carbons (Fsp3) is 0.200. The van der Waals surface area contributed by atoms with Gasteiger partial charge >= 0.3 is 5.97 Å². The number of benzene rings is 1. The van der Waals surface area contributed by atoms with Gasteiger partial charge in [-0.05, 0) is 38.1 Å². The molecule has 0 aliphatic carbocycles. The van der Waals surface area contributed by atoms with E-state index >= 15 is 0 Å². The second-order valence-electron chi connectivity index (χ2n) is 6.08. The number of ketones is 1. The lowest BCUT2D eigenvalue weighted by Gasteiger charge is -2.16. The van der Waals surface area contributed by atoms with Crippen LogP contribution in [0.1, 0.15) is 35.3 Å². The largest absolute Gasteiger partial charge is 0.488 e. The molecule has 26 heavy (non-hydrogen) atoms. The quantitative estimate of drug-likeness (QED) is 0.468. The number of aryl methyl sites for hydroxylation is 2. The minimum atomic E-state index is -0.472. The van der Waals surface area contributed by atoms with Crippen molar-refractivity contribution in [1.82, 2.24) is 0 Å². The van der Waals surface area contributed by atoms with Gasteiger partial charge in [0, 0.05) is 31.3 Å². The van der Waals surface area contributed by atoms with Gasteiger partial charge in [-0.25, -0.2) is 4.79 Å². The summed E-state index contributed by atoms with van der Waals surface area (Å²) in [7, 11) is 0. The van der Waals surface area contributed by atoms with E-state index in [0.717, 1.165) is 31.5 Å². The summed E-state index contributed by atoms with van der Waals surface area (Å²) in [5, 5.41) is 0. The molecule has 0 bridgehead atoms. The van der Waals surface area contributed by atoms with Crippen molar-refractivity contribution in [2.24, 2.45) is 0 Å². The maximum Gasteiger partial charge on any atom is 0.348 e. The Hall–Kier alpha value is -2.44. The summed E-state index contributed by atoms with van der Waals surface area (Å²) in [6.07, 6.45) is 0. The van der Waals surface area contributed by atoms with Crippen LogP contribution in [0.5, 0.6) is 5.75 Å². The van der Waals surface area contributed by atoms with Crippen LogP contribution >= 0.6 is 22.7 Å².